The Morgan fingerprint density at radius 2 is 2.31 bits per heavy atom. The number of thioether (sulfide) groups is 1. The molecule has 1 heterocycles. The Labute approximate surface area is 91.5 Å². The van der Waals surface area contributed by atoms with E-state index in [4.69, 9.17) is 0 Å². The van der Waals surface area contributed by atoms with Crippen molar-refractivity contribution in [1.82, 2.24) is 4.98 Å². The Bertz CT molecular complexity index is 272. The molecule has 3 heteroatoms. The third-order valence-corrected chi connectivity index (χ3v) is 4.89. The van der Waals surface area contributed by atoms with E-state index >= 15 is 0 Å². The molecule has 1 fully saturated rings. The molecule has 0 aliphatic heterocycles. The van der Waals surface area contributed by atoms with Crippen LogP contribution in [-0.4, -0.2) is 16.1 Å². The molecule has 1 nitrogen and oxygen atoms in total. The maximum atomic E-state index is 4.29. The summed E-state index contributed by atoms with van der Waals surface area (Å²) in [4.78, 5) is 4.29. The lowest BCUT2D eigenvalue weighted by Crippen LogP contribution is -2.05. The highest BCUT2D eigenvalue weighted by Gasteiger charge is 2.41. The Morgan fingerprint density at radius 3 is 2.85 bits per heavy atom. The fraction of sp³-hybridized carbons (Fsp3) is 0.500. The van der Waals surface area contributed by atoms with Gasteiger partial charge in [-0.1, -0.05) is 22.0 Å². The first-order chi connectivity index (χ1) is 6.35. The Morgan fingerprint density at radius 1 is 1.46 bits per heavy atom. The minimum atomic E-state index is 0.586. The van der Waals surface area contributed by atoms with Crippen LogP contribution in [0.5, 0.6) is 0 Å². The zero-order chi connectivity index (χ0) is 9.15. The molecule has 0 aromatic carbocycles. The molecule has 1 aliphatic carbocycles. The first-order valence-electron chi connectivity index (χ1n) is 4.44. The summed E-state index contributed by atoms with van der Waals surface area (Å²) in [6.07, 6.45) is 4.60. The van der Waals surface area contributed by atoms with Gasteiger partial charge in [-0.05, 0) is 30.4 Å². The second-order valence-electron chi connectivity index (χ2n) is 3.59. The van der Waals surface area contributed by atoms with E-state index in [0.29, 0.717) is 5.41 Å². The lowest BCUT2D eigenvalue weighted by atomic mass is 10.2. The maximum Gasteiger partial charge on any atom is 0.0959 e. The number of halogens is 1. The molecule has 1 aliphatic rings. The van der Waals surface area contributed by atoms with Crippen LogP contribution >= 0.6 is 27.7 Å². The molecule has 2 rings (SSSR count). The summed E-state index contributed by atoms with van der Waals surface area (Å²) in [6.45, 7) is 0. The van der Waals surface area contributed by atoms with Crippen molar-refractivity contribution in [3.05, 3.63) is 24.4 Å². The second kappa shape index (κ2) is 4.01. The monoisotopic (exact) mass is 257 g/mol. The Hall–Kier alpha value is -0.0200. The number of hydrogen-bond acceptors (Lipinski definition) is 2. The zero-order valence-corrected chi connectivity index (χ0v) is 9.77. The molecule has 0 N–H and O–H groups in total. The van der Waals surface area contributed by atoms with E-state index in [0.717, 1.165) is 10.4 Å². The van der Waals surface area contributed by atoms with Crippen molar-refractivity contribution in [1.29, 1.82) is 0 Å². The first-order valence-corrected chi connectivity index (χ1v) is 6.55. The molecule has 0 atom stereocenters. The summed E-state index contributed by atoms with van der Waals surface area (Å²) >= 11 is 5.45. The molecule has 13 heavy (non-hydrogen) atoms. The summed E-state index contributed by atoms with van der Waals surface area (Å²) in [5.74, 6) is 1.20. The average Bonchev–Trinajstić information content (AvgIpc) is 2.97. The SMILES string of the molecule is BrCC1(CSc2ccccn2)CC1. The number of aromatic nitrogens is 1. The molecule has 0 unspecified atom stereocenters. The van der Waals surface area contributed by atoms with Gasteiger partial charge in [0, 0.05) is 17.3 Å². The van der Waals surface area contributed by atoms with Gasteiger partial charge in [-0.3, -0.25) is 0 Å². The molecule has 70 valence electrons. The van der Waals surface area contributed by atoms with Crippen LogP contribution in [0.15, 0.2) is 29.4 Å². The van der Waals surface area contributed by atoms with Crippen molar-refractivity contribution in [2.75, 3.05) is 11.1 Å². The molecule has 1 aromatic heterocycles. The summed E-state index contributed by atoms with van der Waals surface area (Å²) in [6, 6.07) is 6.08. The summed E-state index contributed by atoms with van der Waals surface area (Å²) in [7, 11) is 0. The van der Waals surface area contributed by atoms with E-state index in [2.05, 4.69) is 27.0 Å². The van der Waals surface area contributed by atoms with E-state index < -0.39 is 0 Å². The van der Waals surface area contributed by atoms with Crippen molar-refractivity contribution < 1.29 is 0 Å². The predicted octanol–water partition coefficient (Wildman–Crippen LogP) is 3.35. The van der Waals surface area contributed by atoms with Gasteiger partial charge in [0.1, 0.15) is 0 Å². The number of hydrogen-bond donors (Lipinski definition) is 0. The lowest BCUT2D eigenvalue weighted by Gasteiger charge is -2.09. The van der Waals surface area contributed by atoms with Gasteiger partial charge in [0.2, 0.25) is 0 Å². The molecule has 0 spiro atoms. The van der Waals surface area contributed by atoms with E-state index in [9.17, 15) is 0 Å². The van der Waals surface area contributed by atoms with Gasteiger partial charge in [0.25, 0.3) is 0 Å². The Balaban J connectivity index is 1.86. The van der Waals surface area contributed by atoms with Crippen molar-refractivity contribution in [3.63, 3.8) is 0 Å². The quantitative estimate of drug-likeness (QED) is 0.606. The molecule has 0 saturated heterocycles. The maximum absolute atomic E-state index is 4.29. The second-order valence-corrected chi connectivity index (χ2v) is 5.15. The highest BCUT2D eigenvalue weighted by atomic mass is 79.9. The fourth-order valence-corrected chi connectivity index (χ4v) is 3.33. The number of pyridine rings is 1. The third kappa shape index (κ3) is 2.47. The van der Waals surface area contributed by atoms with Gasteiger partial charge in [-0.25, -0.2) is 4.98 Å². The van der Waals surface area contributed by atoms with Crippen molar-refractivity contribution >= 4 is 27.7 Å². The molecular weight excluding hydrogens is 246 g/mol. The van der Waals surface area contributed by atoms with Crippen LogP contribution in [0.3, 0.4) is 0 Å². The zero-order valence-electron chi connectivity index (χ0n) is 7.37. The van der Waals surface area contributed by atoms with Crippen LogP contribution in [0.1, 0.15) is 12.8 Å². The third-order valence-electron chi connectivity index (χ3n) is 2.40. The molecule has 0 amide bonds. The van der Waals surface area contributed by atoms with Crippen LogP contribution in [0.2, 0.25) is 0 Å². The van der Waals surface area contributed by atoms with E-state index in [-0.39, 0.29) is 0 Å². The van der Waals surface area contributed by atoms with Crippen molar-refractivity contribution in [2.24, 2.45) is 5.41 Å². The predicted molar refractivity (Wildman–Crippen MR) is 60.4 cm³/mol. The molecule has 0 radical (unpaired) electrons. The number of rotatable bonds is 4. The van der Waals surface area contributed by atoms with Crippen LogP contribution in [0, 0.1) is 5.41 Å². The normalized spacial score (nSPS) is 18.5. The van der Waals surface area contributed by atoms with E-state index in [1.54, 1.807) is 0 Å². The van der Waals surface area contributed by atoms with Crippen molar-refractivity contribution in [2.45, 2.75) is 17.9 Å². The molecule has 1 aromatic rings. The van der Waals surface area contributed by atoms with Gasteiger partial charge in [0.05, 0.1) is 5.03 Å². The number of nitrogens with zero attached hydrogens (tertiary/aromatic N) is 1. The van der Waals surface area contributed by atoms with Gasteiger partial charge in [-0.15, -0.1) is 11.8 Å². The summed E-state index contributed by atoms with van der Waals surface area (Å²) in [5, 5.41) is 2.29. The highest BCUT2D eigenvalue weighted by Crippen LogP contribution is 2.50. The van der Waals surface area contributed by atoms with Crippen LogP contribution in [-0.2, 0) is 0 Å². The standard InChI is InChI=1S/C10H12BrNS/c11-7-10(4-5-10)8-13-9-3-1-2-6-12-9/h1-3,6H,4-5,7-8H2. The van der Waals surface area contributed by atoms with Crippen LogP contribution in [0.25, 0.3) is 0 Å². The van der Waals surface area contributed by atoms with Gasteiger partial charge in [0.15, 0.2) is 0 Å². The summed E-state index contributed by atoms with van der Waals surface area (Å²) in [5.41, 5.74) is 0.586. The minimum Gasteiger partial charge on any atom is -0.250 e. The molecular formula is C10H12BrNS. The van der Waals surface area contributed by atoms with Crippen LogP contribution < -0.4 is 0 Å². The topological polar surface area (TPSA) is 12.9 Å². The molecule has 0 bridgehead atoms. The molecule has 1 saturated carbocycles. The van der Waals surface area contributed by atoms with E-state index in [1.807, 2.05) is 30.1 Å². The largest absolute Gasteiger partial charge is 0.250 e. The smallest absolute Gasteiger partial charge is 0.0959 e. The van der Waals surface area contributed by atoms with Gasteiger partial charge < -0.3 is 0 Å². The fourth-order valence-electron chi connectivity index (χ4n) is 1.15. The van der Waals surface area contributed by atoms with Crippen molar-refractivity contribution in [3.8, 4) is 0 Å². The highest BCUT2D eigenvalue weighted by molar-refractivity contribution is 9.09. The van der Waals surface area contributed by atoms with Gasteiger partial charge in [-0.2, -0.15) is 0 Å². The van der Waals surface area contributed by atoms with Crippen LogP contribution in [0.4, 0.5) is 0 Å². The average molecular weight is 258 g/mol. The lowest BCUT2D eigenvalue weighted by molar-refractivity contribution is 0.686. The number of alkyl halides is 1. The first kappa shape index (κ1) is 9.53. The summed E-state index contributed by atoms with van der Waals surface area (Å²) < 4.78 is 0. The minimum absolute atomic E-state index is 0.586. The van der Waals surface area contributed by atoms with Gasteiger partial charge >= 0.3 is 0 Å². The van der Waals surface area contributed by atoms with E-state index in [1.165, 1.54) is 18.6 Å². The Kier molecular flexibility index (Phi) is 2.94.